The highest BCUT2D eigenvalue weighted by atomic mass is 16.5. The lowest BCUT2D eigenvalue weighted by atomic mass is 10.0. The van der Waals surface area contributed by atoms with Gasteiger partial charge in [0.05, 0.1) is 18.9 Å². The first kappa shape index (κ1) is 16.0. The molecule has 3 rings (SSSR count). The number of nitrogens with zero attached hydrogens (tertiary/aromatic N) is 3. The highest BCUT2D eigenvalue weighted by Gasteiger charge is 2.39. The molecule has 1 fully saturated rings. The van der Waals surface area contributed by atoms with Crippen LogP contribution in [0.4, 0.5) is 0 Å². The van der Waals surface area contributed by atoms with Crippen molar-refractivity contribution in [3.63, 3.8) is 0 Å². The number of hydrogen-bond donors (Lipinski definition) is 4. The van der Waals surface area contributed by atoms with Crippen LogP contribution < -0.4 is 0 Å². The van der Waals surface area contributed by atoms with Gasteiger partial charge in [0.2, 0.25) is 0 Å². The molecule has 0 aliphatic carbocycles. The normalized spacial score (nSPS) is 31.7. The van der Waals surface area contributed by atoms with Crippen molar-refractivity contribution in [1.29, 1.82) is 0 Å². The van der Waals surface area contributed by atoms with E-state index in [1.807, 2.05) is 30.3 Å². The summed E-state index contributed by atoms with van der Waals surface area (Å²) >= 11 is 0. The molecule has 8 heteroatoms. The molecule has 1 aromatic heterocycles. The molecular formula is C15H19N3O5. The summed E-state index contributed by atoms with van der Waals surface area (Å²) in [7, 11) is 0. The lowest BCUT2D eigenvalue weighted by molar-refractivity contribution is -0.151. The fraction of sp³-hybridized carbons (Fsp3) is 0.467. The lowest BCUT2D eigenvalue weighted by Crippen LogP contribution is -2.39. The van der Waals surface area contributed by atoms with Gasteiger partial charge in [-0.15, -0.1) is 5.10 Å². The van der Waals surface area contributed by atoms with Gasteiger partial charge < -0.3 is 25.2 Å². The SMILES string of the molecule is OC[C@H]1O[C@@H](n2cc(-c3ccccc3)nn2)[C@H](O)C[C@@H](O)[C@@H]1O. The van der Waals surface area contributed by atoms with Gasteiger partial charge in [0.1, 0.15) is 24.0 Å². The van der Waals surface area contributed by atoms with E-state index in [9.17, 15) is 20.4 Å². The molecule has 0 unspecified atom stereocenters. The zero-order valence-electron chi connectivity index (χ0n) is 12.3. The fourth-order valence-corrected chi connectivity index (χ4v) is 2.63. The Morgan fingerprint density at radius 3 is 2.57 bits per heavy atom. The number of ether oxygens (including phenoxy) is 1. The molecule has 4 N–H and O–H groups in total. The summed E-state index contributed by atoms with van der Waals surface area (Å²) in [6, 6.07) is 9.39. The minimum absolute atomic E-state index is 0.0944. The molecule has 1 aliphatic heterocycles. The van der Waals surface area contributed by atoms with Gasteiger partial charge in [-0.25, -0.2) is 4.68 Å². The standard InChI is InChI=1S/C15H19N3O5/c19-8-13-14(22)11(20)6-12(21)15(23-13)18-7-10(16-17-18)9-4-2-1-3-5-9/h1-5,7,11-15,19-22H,6,8H2/t11-,12-,13-,14+,15-/m1/s1. The minimum atomic E-state index is -1.28. The van der Waals surface area contributed by atoms with E-state index in [-0.39, 0.29) is 6.42 Å². The number of rotatable bonds is 3. The van der Waals surface area contributed by atoms with Gasteiger partial charge in [-0.2, -0.15) is 0 Å². The number of hydrogen-bond acceptors (Lipinski definition) is 7. The van der Waals surface area contributed by atoms with Gasteiger partial charge in [-0.05, 0) is 0 Å². The molecule has 2 aromatic rings. The monoisotopic (exact) mass is 321 g/mol. The number of aromatic nitrogens is 3. The Morgan fingerprint density at radius 2 is 1.87 bits per heavy atom. The molecule has 0 spiro atoms. The van der Waals surface area contributed by atoms with E-state index >= 15 is 0 Å². The van der Waals surface area contributed by atoms with Gasteiger partial charge in [0.25, 0.3) is 0 Å². The largest absolute Gasteiger partial charge is 0.394 e. The Kier molecular flexibility index (Phi) is 4.69. The van der Waals surface area contributed by atoms with E-state index in [2.05, 4.69) is 10.3 Å². The Balaban J connectivity index is 1.86. The molecule has 0 bridgehead atoms. The van der Waals surface area contributed by atoms with Crippen molar-refractivity contribution in [1.82, 2.24) is 15.0 Å². The zero-order chi connectivity index (χ0) is 16.4. The molecule has 1 aromatic carbocycles. The van der Waals surface area contributed by atoms with E-state index < -0.39 is 37.3 Å². The second kappa shape index (κ2) is 6.73. The molecule has 5 atom stereocenters. The van der Waals surface area contributed by atoms with Gasteiger partial charge in [-0.1, -0.05) is 35.5 Å². The smallest absolute Gasteiger partial charge is 0.178 e. The average Bonchev–Trinajstić information content (AvgIpc) is 3.01. The third kappa shape index (κ3) is 3.26. The zero-order valence-corrected chi connectivity index (χ0v) is 12.3. The molecule has 0 saturated carbocycles. The molecule has 0 radical (unpaired) electrons. The van der Waals surface area contributed by atoms with Crippen molar-refractivity contribution in [2.75, 3.05) is 6.61 Å². The molecule has 1 saturated heterocycles. The van der Waals surface area contributed by atoms with Crippen molar-refractivity contribution in [2.24, 2.45) is 0 Å². The maximum absolute atomic E-state index is 10.2. The third-order valence-corrected chi connectivity index (χ3v) is 3.92. The Labute approximate surface area is 132 Å². The predicted molar refractivity (Wildman–Crippen MR) is 79.1 cm³/mol. The van der Waals surface area contributed by atoms with Crippen molar-refractivity contribution in [3.05, 3.63) is 36.5 Å². The summed E-state index contributed by atoms with van der Waals surface area (Å²) < 4.78 is 6.87. The first-order chi connectivity index (χ1) is 11.1. The van der Waals surface area contributed by atoms with Crippen LogP contribution in [0.15, 0.2) is 36.5 Å². The van der Waals surface area contributed by atoms with E-state index in [1.165, 1.54) is 4.68 Å². The second-order valence-electron chi connectivity index (χ2n) is 5.56. The summed E-state index contributed by atoms with van der Waals surface area (Å²) in [5, 5.41) is 47.3. The van der Waals surface area contributed by atoms with Crippen LogP contribution in [-0.4, -0.2) is 66.4 Å². The first-order valence-electron chi connectivity index (χ1n) is 7.38. The van der Waals surface area contributed by atoms with Crippen LogP contribution >= 0.6 is 0 Å². The van der Waals surface area contributed by atoms with Crippen LogP contribution in [0.3, 0.4) is 0 Å². The molecule has 23 heavy (non-hydrogen) atoms. The Bertz CT molecular complexity index is 635. The third-order valence-electron chi connectivity index (χ3n) is 3.92. The minimum Gasteiger partial charge on any atom is -0.394 e. The van der Waals surface area contributed by atoms with Gasteiger partial charge in [0.15, 0.2) is 6.23 Å². The molecule has 8 nitrogen and oxygen atoms in total. The average molecular weight is 321 g/mol. The van der Waals surface area contributed by atoms with Crippen molar-refractivity contribution in [3.8, 4) is 11.3 Å². The van der Waals surface area contributed by atoms with Crippen LogP contribution in [0.1, 0.15) is 12.6 Å². The maximum atomic E-state index is 10.2. The second-order valence-corrected chi connectivity index (χ2v) is 5.56. The van der Waals surface area contributed by atoms with Crippen LogP contribution in [0.25, 0.3) is 11.3 Å². The number of aliphatic hydroxyl groups excluding tert-OH is 4. The number of benzene rings is 1. The van der Waals surface area contributed by atoms with Crippen LogP contribution in [0.5, 0.6) is 0 Å². The van der Waals surface area contributed by atoms with Crippen LogP contribution in [-0.2, 0) is 4.74 Å². The first-order valence-corrected chi connectivity index (χ1v) is 7.38. The van der Waals surface area contributed by atoms with Crippen molar-refractivity contribution >= 4 is 0 Å². The van der Waals surface area contributed by atoms with Crippen LogP contribution in [0.2, 0.25) is 0 Å². The number of aliphatic hydroxyl groups is 4. The Hall–Kier alpha value is -1.84. The summed E-state index contributed by atoms with van der Waals surface area (Å²) in [5.41, 5.74) is 1.47. The molecule has 0 amide bonds. The van der Waals surface area contributed by atoms with Crippen molar-refractivity contribution in [2.45, 2.75) is 37.1 Å². The predicted octanol–water partition coefficient (Wildman–Crippen LogP) is -0.692. The highest BCUT2D eigenvalue weighted by molar-refractivity contribution is 5.57. The van der Waals surface area contributed by atoms with E-state index in [4.69, 9.17) is 4.74 Å². The van der Waals surface area contributed by atoms with E-state index in [0.29, 0.717) is 5.69 Å². The quantitative estimate of drug-likeness (QED) is 0.590. The highest BCUT2D eigenvalue weighted by Crippen LogP contribution is 2.27. The molecule has 124 valence electrons. The molecule has 2 heterocycles. The Morgan fingerprint density at radius 1 is 1.13 bits per heavy atom. The van der Waals surface area contributed by atoms with Gasteiger partial charge in [-0.3, -0.25) is 0 Å². The molecule has 1 aliphatic rings. The topological polar surface area (TPSA) is 121 Å². The fourth-order valence-electron chi connectivity index (χ4n) is 2.63. The molecular weight excluding hydrogens is 302 g/mol. The van der Waals surface area contributed by atoms with Gasteiger partial charge >= 0.3 is 0 Å². The van der Waals surface area contributed by atoms with E-state index in [1.54, 1.807) is 6.20 Å². The summed E-state index contributed by atoms with van der Waals surface area (Å²) in [6.07, 6.45) is -4.02. The van der Waals surface area contributed by atoms with E-state index in [0.717, 1.165) is 5.56 Å². The van der Waals surface area contributed by atoms with Crippen molar-refractivity contribution < 1.29 is 25.2 Å². The van der Waals surface area contributed by atoms with Gasteiger partial charge in [0, 0.05) is 12.0 Å². The lowest BCUT2D eigenvalue weighted by Gasteiger charge is -2.24. The maximum Gasteiger partial charge on any atom is 0.178 e. The summed E-state index contributed by atoms with van der Waals surface area (Å²) in [5.74, 6) is 0. The summed E-state index contributed by atoms with van der Waals surface area (Å²) in [6.45, 7) is -0.484. The summed E-state index contributed by atoms with van der Waals surface area (Å²) in [4.78, 5) is 0. The van der Waals surface area contributed by atoms with Crippen LogP contribution in [0, 0.1) is 0 Å².